The van der Waals surface area contributed by atoms with E-state index in [0.29, 0.717) is 35.8 Å². The van der Waals surface area contributed by atoms with E-state index in [4.69, 9.17) is 14.2 Å². The average molecular weight is 682 g/mol. The van der Waals surface area contributed by atoms with Crippen molar-refractivity contribution in [2.75, 3.05) is 45.8 Å². The highest BCUT2D eigenvalue weighted by atomic mass is 32.2. The van der Waals surface area contributed by atoms with Crippen LogP contribution >= 0.6 is 0 Å². The number of carbonyl (C=O) groups is 2. The van der Waals surface area contributed by atoms with Gasteiger partial charge in [0.2, 0.25) is 10.0 Å². The standard InChI is InChI=1S/C36H47N3O8S/c1-25-22-39(26(2)24-40)36(42)32-21-29(37-35(41)28-12-7-6-8-13-28)14-19-33(32)47-27(3)11-9-10-20-46-34(25)23-38(4)48(43,44)31-17-15-30(45-5)16-18-31/h6-8,12-19,21,25-27,34,40H,9-11,20,22-24H2,1-5H3,(H,37,41)/t25-,26+,27+,34+/m1/s1. The van der Waals surface area contributed by atoms with Crippen LogP contribution in [0.4, 0.5) is 5.69 Å². The van der Waals surface area contributed by atoms with Crippen LogP contribution in [0.1, 0.15) is 60.7 Å². The highest BCUT2D eigenvalue weighted by Gasteiger charge is 2.32. The number of aliphatic hydroxyl groups is 1. The fourth-order valence-corrected chi connectivity index (χ4v) is 6.72. The number of fused-ring (bicyclic) bond motifs is 1. The van der Waals surface area contributed by atoms with Crippen molar-refractivity contribution in [3.63, 3.8) is 0 Å². The second kappa shape index (κ2) is 16.9. The minimum absolute atomic E-state index is 0.0524. The zero-order valence-electron chi connectivity index (χ0n) is 28.3. The minimum atomic E-state index is -3.85. The molecular formula is C36H47N3O8S. The van der Waals surface area contributed by atoms with Gasteiger partial charge >= 0.3 is 0 Å². The number of aliphatic hydroxyl groups excluding tert-OH is 1. The van der Waals surface area contributed by atoms with Crippen molar-refractivity contribution >= 4 is 27.5 Å². The third-order valence-electron chi connectivity index (χ3n) is 8.55. The first kappa shape index (κ1) is 36.9. The van der Waals surface area contributed by atoms with Crippen LogP contribution in [0.25, 0.3) is 0 Å². The van der Waals surface area contributed by atoms with Crippen molar-refractivity contribution in [1.29, 1.82) is 0 Å². The lowest BCUT2D eigenvalue weighted by Gasteiger charge is -2.35. The highest BCUT2D eigenvalue weighted by Crippen LogP contribution is 2.29. The topological polar surface area (TPSA) is 135 Å². The maximum absolute atomic E-state index is 14.4. The molecule has 0 aromatic heterocycles. The van der Waals surface area contributed by atoms with Gasteiger partial charge in [-0.1, -0.05) is 25.1 Å². The third-order valence-corrected chi connectivity index (χ3v) is 10.4. The molecule has 3 aromatic rings. The average Bonchev–Trinajstić information content (AvgIpc) is 3.09. The number of hydrogen-bond acceptors (Lipinski definition) is 8. The van der Waals surface area contributed by atoms with Crippen LogP contribution in [0.15, 0.2) is 77.7 Å². The monoisotopic (exact) mass is 681 g/mol. The SMILES string of the molecule is COc1ccc(S(=O)(=O)N(C)C[C@@H]2OCCCC[C@H](C)Oc3ccc(NC(=O)c4ccccc4)cc3C(=O)N([C@@H](C)CO)C[C@H]2C)cc1. The molecule has 1 aliphatic heterocycles. The summed E-state index contributed by atoms with van der Waals surface area (Å²) in [6.45, 7) is 5.91. The fraction of sp³-hybridized carbons (Fsp3) is 0.444. The summed E-state index contributed by atoms with van der Waals surface area (Å²) in [4.78, 5) is 29.0. The van der Waals surface area contributed by atoms with Gasteiger partial charge in [-0.3, -0.25) is 9.59 Å². The fourth-order valence-electron chi connectivity index (χ4n) is 5.53. The molecule has 2 amide bonds. The molecule has 0 fully saturated rings. The summed E-state index contributed by atoms with van der Waals surface area (Å²) >= 11 is 0. The van der Waals surface area contributed by atoms with E-state index < -0.39 is 28.1 Å². The number of nitrogens with zero attached hydrogens (tertiary/aromatic N) is 2. The second-order valence-electron chi connectivity index (χ2n) is 12.3. The molecule has 48 heavy (non-hydrogen) atoms. The predicted octanol–water partition coefficient (Wildman–Crippen LogP) is 5.06. The molecule has 12 heteroatoms. The Balaban J connectivity index is 1.64. The van der Waals surface area contributed by atoms with Crippen LogP contribution in [0, 0.1) is 5.92 Å². The molecule has 3 aromatic carbocycles. The molecule has 0 saturated heterocycles. The molecule has 4 rings (SSSR count). The highest BCUT2D eigenvalue weighted by molar-refractivity contribution is 7.89. The summed E-state index contributed by atoms with van der Waals surface area (Å²) < 4.78 is 46.1. The summed E-state index contributed by atoms with van der Waals surface area (Å²) in [6.07, 6.45) is 1.45. The first-order valence-electron chi connectivity index (χ1n) is 16.3. The largest absolute Gasteiger partial charge is 0.497 e. The van der Waals surface area contributed by atoms with Crippen LogP contribution in [0.3, 0.4) is 0 Å². The molecule has 0 spiro atoms. The first-order chi connectivity index (χ1) is 22.9. The Morgan fingerprint density at radius 1 is 1.08 bits per heavy atom. The van der Waals surface area contributed by atoms with Gasteiger partial charge in [-0.2, -0.15) is 4.31 Å². The van der Waals surface area contributed by atoms with Crippen molar-refractivity contribution < 1.29 is 37.3 Å². The molecule has 4 atom stereocenters. The lowest BCUT2D eigenvalue weighted by molar-refractivity contribution is -0.00834. The number of likely N-dealkylation sites (N-methyl/N-ethyl adjacent to an activating group) is 1. The van der Waals surface area contributed by atoms with Gasteiger partial charge in [0.1, 0.15) is 11.5 Å². The number of anilines is 1. The van der Waals surface area contributed by atoms with Crippen LogP contribution in [0.5, 0.6) is 11.5 Å². The van der Waals surface area contributed by atoms with E-state index in [1.807, 2.05) is 19.9 Å². The number of benzene rings is 3. The number of sulfonamides is 1. The first-order valence-corrected chi connectivity index (χ1v) is 17.7. The maximum atomic E-state index is 14.4. The quantitative estimate of drug-likeness (QED) is 0.320. The van der Waals surface area contributed by atoms with Gasteiger partial charge in [-0.05, 0) is 87.7 Å². The Morgan fingerprint density at radius 2 is 1.79 bits per heavy atom. The van der Waals surface area contributed by atoms with Crippen molar-refractivity contribution in [1.82, 2.24) is 9.21 Å². The van der Waals surface area contributed by atoms with Gasteiger partial charge in [0.15, 0.2) is 0 Å². The van der Waals surface area contributed by atoms with E-state index in [1.54, 1.807) is 66.4 Å². The van der Waals surface area contributed by atoms with E-state index in [-0.39, 0.29) is 48.1 Å². The number of nitrogens with one attached hydrogen (secondary N) is 1. The molecule has 0 unspecified atom stereocenters. The van der Waals surface area contributed by atoms with Crippen molar-refractivity contribution in [2.45, 2.75) is 63.2 Å². The zero-order valence-corrected chi connectivity index (χ0v) is 29.1. The molecule has 2 N–H and O–H groups in total. The Morgan fingerprint density at radius 3 is 2.46 bits per heavy atom. The van der Waals surface area contributed by atoms with Crippen molar-refractivity contribution in [3.8, 4) is 11.5 Å². The van der Waals surface area contributed by atoms with Gasteiger partial charge < -0.3 is 29.5 Å². The summed E-state index contributed by atoms with van der Waals surface area (Å²) in [5.74, 6) is -0.112. The number of rotatable bonds is 9. The molecule has 11 nitrogen and oxygen atoms in total. The molecule has 260 valence electrons. The third kappa shape index (κ3) is 9.34. The van der Waals surface area contributed by atoms with Crippen LogP contribution < -0.4 is 14.8 Å². The van der Waals surface area contributed by atoms with E-state index in [2.05, 4.69) is 5.32 Å². The lowest BCUT2D eigenvalue weighted by atomic mass is 10.0. The van der Waals surface area contributed by atoms with Crippen LogP contribution in [0.2, 0.25) is 0 Å². The molecule has 0 saturated carbocycles. The smallest absolute Gasteiger partial charge is 0.258 e. The van der Waals surface area contributed by atoms with Gasteiger partial charge in [-0.25, -0.2) is 8.42 Å². The van der Waals surface area contributed by atoms with Gasteiger partial charge in [-0.15, -0.1) is 0 Å². The molecule has 0 radical (unpaired) electrons. The Hall–Kier alpha value is -3.97. The zero-order chi connectivity index (χ0) is 34.8. The molecular weight excluding hydrogens is 634 g/mol. The van der Waals surface area contributed by atoms with E-state index in [0.717, 1.165) is 12.8 Å². The van der Waals surface area contributed by atoms with Gasteiger partial charge in [0.05, 0.1) is 42.4 Å². The Bertz CT molecular complexity index is 1620. The number of methoxy groups -OCH3 is 1. The number of ether oxygens (including phenoxy) is 3. The Labute approximate surface area is 283 Å². The van der Waals surface area contributed by atoms with Crippen LogP contribution in [-0.2, 0) is 14.8 Å². The summed E-state index contributed by atoms with van der Waals surface area (Å²) in [5, 5.41) is 13.1. The predicted molar refractivity (Wildman–Crippen MR) is 184 cm³/mol. The van der Waals surface area contributed by atoms with E-state index >= 15 is 0 Å². The van der Waals surface area contributed by atoms with E-state index in [1.165, 1.54) is 30.6 Å². The summed E-state index contributed by atoms with van der Waals surface area (Å²) in [7, 11) is -0.818. The van der Waals surface area contributed by atoms with Crippen molar-refractivity contribution in [2.24, 2.45) is 5.92 Å². The Kier molecular flexibility index (Phi) is 13.0. The van der Waals surface area contributed by atoms with Gasteiger partial charge in [0, 0.05) is 43.9 Å². The normalized spacial score (nSPS) is 20.3. The number of amides is 2. The van der Waals surface area contributed by atoms with Gasteiger partial charge in [0.25, 0.3) is 11.8 Å². The van der Waals surface area contributed by atoms with E-state index in [9.17, 15) is 23.1 Å². The summed E-state index contributed by atoms with van der Waals surface area (Å²) in [6, 6.07) is 19.4. The second-order valence-corrected chi connectivity index (χ2v) is 14.3. The van der Waals surface area contributed by atoms with Crippen LogP contribution in [-0.4, -0.2) is 93.3 Å². The minimum Gasteiger partial charge on any atom is -0.497 e. The number of hydrogen-bond donors (Lipinski definition) is 2. The number of carbonyl (C=O) groups excluding carboxylic acids is 2. The molecule has 1 heterocycles. The summed E-state index contributed by atoms with van der Waals surface area (Å²) in [5.41, 5.74) is 1.14. The lowest BCUT2D eigenvalue weighted by Crippen LogP contribution is -2.48. The molecule has 0 aliphatic carbocycles. The van der Waals surface area contributed by atoms with Crippen molar-refractivity contribution in [3.05, 3.63) is 83.9 Å². The molecule has 1 aliphatic rings. The maximum Gasteiger partial charge on any atom is 0.258 e. The molecule has 0 bridgehead atoms.